The molecule has 1 fully saturated rings. The molecule has 1 saturated heterocycles. The normalized spacial score (nSPS) is 14.6. The predicted octanol–water partition coefficient (Wildman–Crippen LogP) is 2.91. The maximum absolute atomic E-state index is 12.3. The van der Waals surface area contributed by atoms with Crippen LogP contribution in [0, 0.1) is 6.92 Å². The summed E-state index contributed by atoms with van der Waals surface area (Å²) in [5.41, 5.74) is 2.60. The average molecular weight is 383 g/mol. The molecule has 2 aromatic carbocycles. The minimum atomic E-state index is -0.0201. The quantitative estimate of drug-likeness (QED) is 0.747. The molecule has 1 heterocycles. The van der Waals surface area contributed by atoms with Gasteiger partial charge in [-0.05, 0) is 36.8 Å². The molecule has 0 atom stereocenters. The number of piperazine rings is 1. The Hall–Kier alpha value is -2.73. The van der Waals surface area contributed by atoms with E-state index in [1.54, 1.807) is 7.11 Å². The first kappa shape index (κ1) is 20.0. The maximum atomic E-state index is 12.3. The van der Waals surface area contributed by atoms with E-state index in [2.05, 4.69) is 41.4 Å². The number of hydrogen-bond acceptors (Lipinski definition) is 4. The van der Waals surface area contributed by atoms with Crippen molar-refractivity contribution in [1.82, 2.24) is 15.1 Å². The smallest absolute Gasteiger partial charge is 0.317 e. The van der Waals surface area contributed by atoms with Crippen LogP contribution in [0.3, 0.4) is 0 Å². The van der Waals surface area contributed by atoms with Gasteiger partial charge in [0, 0.05) is 32.7 Å². The Morgan fingerprint density at radius 2 is 1.61 bits per heavy atom. The fourth-order valence-electron chi connectivity index (χ4n) is 3.17. The zero-order valence-corrected chi connectivity index (χ0v) is 16.7. The Kier molecular flexibility index (Phi) is 7.14. The summed E-state index contributed by atoms with van der Waals surface area (Å²) in [5, 5.41) is 2.93. The van der Waals surface area contributed by atoms with Crippen molar-refractivity contribution in [1.29, 1.82) is 0 Å². The van der Waals surface area contributed by atoms with Gasteiger partial charge in [-0.3, -0.25) is 4.90 Å². The Bertz CT molecular complexity index is 739. The second-order valence-corrected chi connectivity index (χ2v) is 7.00. The summed E-state index contributed by atoms with van der Waals surface area (Å²) < 4.78 is 10.8. The Morgan fingerprint density at radius 1 is 0.964 bits per heavy atom. The Morgan fingerprint density at radius 3 is 2.25 bits per heavy atom. The van der Waals surface area contributed by atoms with Crippen molar-refractivity contribution in [3.05, 3.63) is 59.7 Å². The van der Waals surface area contributed by atoms with Crippen molar-refractivity contribution in [3.63, 3.8) is 0 Å². The summed E-state index contributed by atoms with van der Waals surface area (Å²) in [5.74, 6) is 1.56. The molecule has 0 radical (unpaired) electrons. The molecule has 6 nitrogen and oxygen atoms in total. The first-order valence-corrected chi connectivity index (χ1v) is 9.71. The molecule has 6 heteroatoms. The minimum absolute atomic E-state index is 0.0201. The van der Waals surface area contributed by atoms with Gasteiger partial charge in [-0.1, -0.05) is 29.8 Å². The fourth-order valence-corrected chi connectivity index (χ4v) is 3.17. The number of aryl methyl sites for hydroxylation is 1. The SMILES string of the molecule is COc1ccc(OCCNC(=O)N2CCN(Cc3ccc(C)cc3)CC2)cc1. The van der Waals surface area contributed by atoms with Crippen LogP contribution in [0.15, 0.2) is 48.5 Å². The molecular formula is C22H29N3O3. The van der Waals surface area contributed by atoms with E-state index >= 15 is 0 Å². The number of hydrogen-bond donors (Lipinski definition) is 1. The molecule has 2 amide bonds. The number of benzene rings is 2. The molecule has 0 unspecified atom stereocenters. The molecule has 1 aliphatic rings. The molecule has 1 aliphatic heterocycles. The van der Waals surface area contributed by atoms with E-state index in [1.807, 2.05) is 29.2 Å². The van der Waals surface area contributed by atoms with Crippen LogP contribution in [0.25, 0.3) is 0 Å². The number of nitrogens with one attached hydrogen (secondary N) is 1. The summed E-state index contributed by atoms with van der Waals surface area (Å²) in [7, 11) is 1.63. The van der Waals surface area contributed by atoms with Gasteiger partial charge in [-0.15, -0.1) is 0 Å². The monoisotopic (exact) mass is 383 g/mol. The molecule has 150 valence electrons. The highest BCUT2D eigenvalue weighted by molar-refractivity contribution is 5.74. The number of carbonyl (C=O) groups excluding carboxylic acids is 1. The number of ether oxygens (including phenoxy) is 2. The number of nitrogens with zero attached hydrogens (tertiary/aromatic N) is 2. The van der Waals surface area contributed by atoms with Crippen LogP contribution in [-0.2, 0) is 6.54 Å². The lowest BCUT2D eigenvalue weighted by Crippen LogP contribution is -2.51. The van der Waals surface area contributed by atoms with Crippen LogP contribution >= 0.6 is 0 Å². The van der Waals surface area contributed by atoms with E-state index in [0.29, 0.717) is 13.2 Å². The van der Waals surface area contributed by atoms with Crippen LogP contribution in [0.1, 0.15) is 11.1 Å². The van der Waals surface area contributed by atoms with Gasteiger partial charge in [0.15, 0.2) is 0 Å². The molecule has 0 saturated carbocycles. The lowest BCUT2D eigenvalue weighted by Gasteiger charge is -2.34. The molecule has 28 heavy (non-hydrogen) atoms. The third kappa shape index (κ3) is 5.89. The van der Waals surface area contributed by atoms with Crippen molar-refractivity contribution >= 4 is 6.03 Å². The average Bonchev–Trinajstić information content (AvgIpc) is 2.73. The van der Waals surface area contributed by atoms with Crippen LogP contribution in [0.5, 0.6) is 11.5 Å². The lowest BCUT2D eigenvalue weighted by molar-refractivity contribution is 0.134. The second-order valence-electron chi connectivity index (χ2n) is 7.00. The zero-order valence-electron chi connectivity index (χ0n) is 16.7. The molecule has 3 rings (SSSR count). The van der Waals surface area contributed by atoms with E-state index < -0.39 is 0 Å². The van der Waals surface area contributed by atoms with E-state index in [4.69, 9.17) is 9.47 Å². The molecule has 0 bridgehead atoms. The van der Waals surface area contributed by atoms with Crippen LogP contribution in [0.2, 0.25) is 0 Å². The molecule has 1 N–H and O–H groups in total. The van der Waals surface area contributed by atoms with E-state index in [0.717, 1.165) is 44.2 Å². The van der Waals surface area contributed by atoms with E-state index in [1.165, 1.54) is 11.1 Å². The standard InChI is InChI=1S/C22H29N3O3/c1-18-3-5-19(6-4-18)17-24-12-14-25(15-13-24)22(26)23-11-16-28-21-9-7-20(27-2)8-10-21/h3-10H,11-17H2,1-2H3,(H,23,26). The topological polar surface area (TPSA) is 54.0 Å². The van der Waals surface area contributed by atoms with Crippen molar-refractivity contribution in [2.75, 3.05) is 46.4 Å². The van der Waals surface area contributed by atoms with Gasteiger partial charge >= 0.3 is 6.03 Å². The minimum Gasteiger partial charge on any atom is -0.497 e. The molecule has 2 aromatic rings. The number of methoxy groups -OCH3 is 1. The molecule has 0 spiro atoms. The molecular weight excluding hydrogens is 354 g/mol. The largest absolute Gasteiger partial charge is 0.497 e. The van der Waals surface area contributed by atoms with Crippen molar-refractivity contribution in [2.24, 2.45) is 0 Å². The molecule has 0 aliphatic carbocycles. The van der Waals surface area contributed by atoms with Crippen LogP contribution in [-0.4, -0.2) is 62.3 Å². The highest BCUT2D eigenvalue weighted by Crippen LogP contribution is 2.16. The Balaban J connectivity index is 1.32. The van der Waals surface area contributed by atoms with Crippen LogP contribution in [0.4, 0.5) is 4.79 Å². The summed E-state index contributed by atoms with van der Waals surface area (Å²) in [6, 6.07) is 16.0. The third-order valence-corrected chi connectivity index (χ3v) is 4.89. The fraction of sp³-hybridized carbons (Fsp3) is 0.409. The number of urea groups is 1. The van der Waals surface area contributed by atoms with Gasteiger partial charge in [0.25, 0.3) is 0 Å². The van der Waals surface area contributed by atoms with Gasteiger partial charge < -0.3 is 19.7 Å². The van der Waals surface area contributed by atoms with Gasteiger partial charge in [-0.2, -0.15) is 0 Å². The number of rotatable bonds is 7. The predicted molar refractivity (Wildman–Crippen MR) is 110 cm³/mol. The summed E-state index contributed by atoms with van der Waals surface area (Å²) >= 11 is 0. The zero-order chi connectivity index (χ0) is 19.8. The van der Waals surface area contributed by atoms with Gasteiger partial charge in [0.2, 0.25) is 0 Å². The lowest BCUT2D eigenvalue weighted by atomic mass is 10.1. The van der Waals surface area contributed by atoms with E-state index in [9.17, 15) is 4.79 Å². The summed E-state index contributed by atoms with van der Waals surface area (Å²) in [4.78, 5) is 16.6. The Labute approximate surface area is 167 Å². The third-order valence-electron chi connectivity index (χ3n) is 4.89. The van der Waals surface area contributed by atoms with Crippen molar-refractivity contribution in [2.45, 2.75) is 13.5 Å². The molecule has 0 aromatic heterocycles. The van der Waals surface area contributed by atoms with Gasteiger partial charge in [-0.25, -0.2) is 4.79 Å². The van der Waals surface area contributed by atoms with Gasteiger partial charge in [0.05, 0.1) is 13.7 Å². The first-order valence-electron chi connectivity index (χ1n) is 9.71. The highest BCUT2D eigenvalue weighted by Gasteiger charge is 2.20. The number of carbonyl (C=O) groups is 1. The summed E-state index contributed by atoms with van der Waals surface area (Å²) in [6.45, 7) is 7.23. The van der Waals surface area contributed by atoms with Gasteiger partial charge in [0.1, 0.15) is 18.1 Å². The van der Waals surface area contributed by atoms with Crippen molar-refractivity contribution in [3.8, 4) is 11.5 Å². The highest BCUT2D eigenvalue weighted by atomic mass is 16.5. The first-order chi connectivity index (χ1) is 13.6. The van der Waals surface area contributed by atoms with E-state index in [-0.39, 0.29) is 6.03 Å². The van der Waals surface area contributed by atoms with Crippen molar-refractivity contribution < 1.29 is 14.3 Å². The number of amides is 2. The second kappa shape index (κ2) is 9.99. The maximum Gasteiger partial charge on any atom is 0.317 e. The van der Waals surface area contributed by atoms with Crippen LogP contribution < -0.4 is 14.8 Å². The summed E-state index contributed by atoms with van der Waals surface area (Å²) in [6.07, 6.45) is 0.